The van der Waals surface area contributed by atoms with Crippen molar-refractivity contribution in [3.05, 3.63) is 17.5 Å². The Labute approximate surface area is 114 Å². The zero-order chi connectivity index (χ0) is 14.0. The summed E-state index contributed by atoms with van der Waals surface area (Å²) in [5.41, 5.74) is 8.36. The third-order valence-electron chi connectivity index (χ3n) is 4.25. The number of rotatable bonds is 4. The summed E-state index contributed by atoms with van der Waals surface area (Å²) in [6.45, 7) is 4.07. The third kappa shape index (κ3) is 2.81. The number of aromatic nitrogens is 2. The molecule has 19 heavy (non-hydrogen) atoms. The minimum atomic E-state index is -0.424. The van der Waals surface area contributed by atoms with Gasteiger partial charge in [-0.1, -0.05) is 20.3 Å². The molecule has 5 nitrogen and oxygen atoms in total. The van der Waals surface area contributed by atoms with E-state index in [4.69, 9.17) is 5.73 Å². The van der Waals surface area contributed by atoms with Crippen LogP contribution in [-0.2, 0) is 18.3 Å². The molecule has 1 aliphatic rings. The van der Waals surface area contributed by atoms with Crippen LogP contribution >= 0.6 is 0 Å². The summed E-state index contributed by atoms with van der Waals surface area (Å²) >= 11 is 0. The molecule has 0 fully saturated rings. The maximum Gasteiger partial charge on any atom is 0.237 e. The van der Waals surface area contributed by atoms with Gasteiger partial charge in [0.05, 0.1) is 18.3 Å². The molecular weight excluding hydrogens is 240 g/mol. The van der Waals surface area contributed by atoms with E-state index >= 15 is 0 Å². The minimum absolute atomic E-state index is 0.0453. The van der Waals surface area contributed by atoms with E-state index in [2.05, 4.69) is 17.3 Å². The van der Waals surface area contributed by atoms with Gasteiger partial charge in [-0.25, -0.2) is 0 Å². The Kier molecular flexibility index (Phi) is 4.24. The van der Waals surface area contributed by atoms with Crippen molar-refractivity contribution in [1.29, 1.82) is 0 Å². The molecule has 0 saturated heterocycles. The van der Waals surface area contributed by atoms with Crippen molar-refractivity contribution in [2.75, 3.05) is 0 Å². The first kappa shape index (κ1) is 14.1. The smallest absolute Gasteiger partial charge is 0.237 e. The number of hydrogen-bond acceptors (Lipinski definition) is 3. The van der Waals surface area contributed by atoms with Gasteiger partial charge in [0.1, 0.15) is 0 Å². The van der Waals surface area contributed by atoms with E-state index in [1.807, 2.05) is 24.9 Å². The summed E-state index contributed by atoms with van der Waals surface area (Å²) in [4.78, 5) is 12.2. The second-order valence-corrected chi connectivity index (χ2v) is 5.53. The molecule has 0 radical (unpaired) electrons. The molecule has 1 aromatic rings. The van der Waals surface area contributed by atoms with Crippen LogP contribution in [0.5, 0.6) is 0 Å². The average molecular weight is 264 g/mol. The van der Waals surface area contributed by atoms with Crippen LogP contribution in [0.4, 0.5) is 0 Å². The highest BCUT2D eigenvalue weighted by Crippen LogP contribution is 2.29. The minimum Gasteiger partial charge on any atom is -0.348 e. The van der Waals surface area contributed by atoms with E-state index in [1.165, 1.54) is 5.69 Å². The van der Waals surface area contributed by atoms with E-state index in [0.29, 0.717) is 0 Å². The summed E-state index contributed by atoms with van der Waals surface area (Å²) in [7, 11) is 1.95. The number of carbonyl (C=O) groups is 1. The quantitative estimate of drug-likeness (QED) is 0.860. The molecule has 3 N–H and O–H groups in total. The monoisotopic (exact) mass is 264 g/mol. The van der Waals surface area contributed by atoms with Crippen molar-refractivity contribution >= 4 is 5.91 Å². The average Bonchev–Trinajstić information content (AvgIpc) is 2.80. The van der Waals surface area contributed by atoms with Gasteiger partial charge in [-0.2, -0.15) is 5.10 Å². The van der Waals surface area contributed by atoms with Crippen LogP contribution in [0.3, 0.4) is 0 Å². The van der Waals surface area contributed by atoms with Gasteiger partial charge in [0, 0.05) is 18.3 Å². The predicted molar refractivity (Wildman–Crippen MR) is 74.5 cm³/mol. The lowest BCUT2D eigenvalue weighted by Gasteiger charge is -2.26. The van der Waals surface area contributed by atoms with E-state index in [0.717, 1.165) is 31.2 Å². The van der Waals surface area contributed by atoms with E-state index in [9.17, 15) is 4.79 Å². The van der Waals surface area contributed by atoms with Crippen LogP contribution in [0.1, 0.15) is 50.4 Å². The van der Waals surface area contributed by atoms with Crippen LogP contribution in [0, 0.1) is 5.92 Å². The van der Waals surface area contributed by atoms with Gasteiger partial charge in [-0.3, -0.25) is 9.48 Å². The van der Waals surface area contributed by atoms with Crippen LogP contribution in [-0.4, -0.2) is 21.7 Å². The third-order valence-corrected chi connectivity index (χ3v) is 4.25. The number of aryl methyl sites for hydroxylation is 1. The molecule has 1 amide bonds. The number of nitrogens with one attached hydrogen (secondary N) is 1. The number of nitrogens with zero attached hydrogens (tertiary/aromatic N) is 2. The predicted octanol–water partition coefficient (Wildman–Crippen LogP) is 1.29. The summed E-state index contributed by atoms with van der Waals surface area (Å²) in [5, 5.41) is 7.37. The molecule has 1 heterocycles. The van der Waals surface area contributed by atoms with E-state index < -0.39 is 6.04 Å². The van der Waals surface area contributed by atoms with E-state index in [-0.39, 0.29) is 17.9 Å². The first-order chi connectivity index (χ1) is 9.04. The van der Waals surface area contributed by atoms with Gasteiger partial charge in [0.2, 0.25) is 5.91 Å². The summed E-state index contributed by atoms with van der Waals surface area (Å²) in [5.74, 6) is 0.160. The van der Waals surface area contributed by atoms with Crippen LogP contribution in [0.2, 0.25) is 0 Å². The molecule has 0 aliphatic heterocycles. The van der Waals surface area contributed by atoms with Gasteiger partial charge in [-0.15, -0.1) is 0 Å². The Hall–Kier alpha value is -1.36. The van der Waals surface area contributed by atoms with Crippen molar-refractivity contribution < 1.29 is 4.79 Å². The van der Waals surface area contributed by atoms with E-state index in [1.54, 1.807) is 0 Å². The number of carbonyl (C=O) groups excluding carboxylic acids is 1. The lowest BCUT2D eigenvalue weighted by molar-refractivity contribution is -0.124. The maximum atomic E-state index is 12.2. The second kappa shape index (κ2) is 5.74. The van der Waals surface area contributed by atoms with Crippen LogP contribution < -0.4 is 11.1 Å². The maximum absolute atomic E-state index is 12.2. The summed E-state index contributed by atoms with van der Waals surface area (Å²) in [6.07, 6.45) is 5.87. The first-order valence-corrected chi connectivity index (χ1v) is 7.11. The van der Waals surface area contributed by atoms with Gasteiger partial charge >= 0.3 is 0 Å². The Balaban J connectivity index is 2.06. The van der Waals surface area contributed by atoms with Crippen molar-refractivity contribution in [3.8, 4) is 0 Å². The number of fused-ring (bicyclic) bond motifs is 1. The fourth-order valence-electron chi connectivity index (χ4n) is 2.64. The zero-order valence-electron chi connectivity index (χ0n) is 12.0. The van der Waals surface area contributed by atoms with Crippen molar-refractivity contribution in [2.24, 2.45) is 18.7 Å². The lowest BCUT2D eigenvalue weighted by Crippen LogP contribution is -2.46. The molecule has 0 saturated carbocycles. The Morgan fingerprint density at radius 1 is 1.68 bits per heavy atom. The van der Waals surface area contributed by atoms with Crippen molar-refractivity contribution in [1.82, 2.24) is 15.1 Å². The lowest BCUT2D eigenvalue weighted by atomic mass is 9.92. The van der Waals surface area contributed by atoms with Crippen LogP contribution in [0.15, 0.2) is 6.20 Å². The largest absolute Gasteiger partial charge is 0.348 e. The Morgan fingerprint density at radius 3 is 3.11 bits per heavy atom. The topological polar surface area (TPSA) is 72.9 Å². The van der Waals surface area contributed by atoms with Gasteiger partial charge in [0.25, 0.3) is 0 Å². The Bertz CT molecular complexity index is 454. The standard InChI is InChI=1S/C14H24N4O/c1-4-9(2)13(15)14(19)17-11-6-5-7-12-10(11)8-16-18(12)3/h8-9,11,13H,4-7,15H2,1-3H3,(H,17,19). The fourth-order valence-corrected chi connectivity index (χ4v) is 2.64. The highest BCUT2D eigenvalue weighted by Gasteiger charge is 2.27. The molecule has 3 unspecified atom stereocenters. The molecule has 5 heteroatoms. The van der Waals surface area contributed by atoms with Gasteiger partial charge in [0.15, 0.2) is 0 Å². The number of nitrogens with two attached hydrogens (primary N) is 1. The van der Waals surface area contributed by atoms with Gasteiger partial charge in [-0.05, 0) is 25.2 Å². The van der Waals surface area contributed by atoms with Crippen LogP contribution in [0.25, 0.3) is 0 Å². The molecule has 3 atom stereocenters. The first-order valence-electron chi connectivity index (χ1n) is 7.11. The molecule has 106 valence electrons. The molecule has 0 aromatic carbocycles. The number of hydrogen-bond donors (Lipinski definition) is 2. The Morgan fingerprint density at radius 2 is 2.42 bits per heavy atom. The summed E-state index contributed by atoms with van der Waals surface area (Å²) in [6, 6.07) is -0.355. The van der Waals surface area contributed by atoms with Crippen molar-refractivity contribution in [3.63, 3.8) is 0 Å². The molecule has 1 aliphatic carbocycles. The number of amides is 1. The molecular formula is C14H24N4O. The zero-order valence-corrected chi connectivity index (χ0v) is 12.0. The molecule has 1 aromatic heterocycles. The summed E-state index contributed by atoms with van der Waals surface area (Å²) < 4.78 is 1.91. The molecule has 0 spiro atoms. The fraction of sp³-hybridized carbons (Fsp3) is 0.714. The van der Waals surface area contributed by atoms with Crippen molar-refractivity contribution in [2.45, 2.75) is 51.6 Å². The highest BCUT2D eigenvalue weighted by molar-refractivity contribution is 5.82. The molecule has 0 bridgehead atoms. The van der Waals surface area contributed by atoms with Gasteiger partial charge < -0.3 is 11.1 Å². The SMILES string of the molecule is CCC(C)C(N)C(=O)NC1CCCc2c1cnn2C. The second-order valence-electron chi connectivity index (χ2n) is 5.53. The normalized spacial score (nSPS) is 21.6. The highest BCUT2D eigenvalue weighted by atomic mass is 16.2. The molecule has 2 rings (SSSR count).